The van der Waals surface area contributed by atoms with E-state index in [9.17, 15) is 0 Å². The van der Waals surface area contributed by atoms with Crippen molar-refractivity contribution in [2.45, 2.75) is 6.92 Å². The summed E-state index contributed by atoms with van der Waals surface area (Å²) in [6, 6.07) is 0. The van der Waals surface area contributed by atoms with Crippen molar-refractivity contribution < 1.29 is 0 Å². The maximum absolute atomic E-state index is 5.31. The Balaban J connectivity index is 3.98. The highest BCUT2D eigenvalue weighted by Crippen LogP contribution is 1.93. The van der Waals surface area contributed by atoms with Crippen molar-refractivity contribution in [1.82, 2.24) is 0 Å². The second kappa shape index (κ2) is 4.55. The summed E-state index contributed by atoms with van der Waals surface area (Å²) in [5.41, 5.74) is 6.01. The molecule has 50 valence electrons. The van der Waals surface area contributed by atoms with Crippen LogP contribution in [0.4, 0.5) is 0 Å². The largest absolute Gasteiger partial charge is 0.401 e. The fourth-order valence-electron chi connectivity index (χ4n) is 0.216. The minimum Gasteiger partial charge on any atom is -0.401 e. The van der Waals surface area contributed by atoms with Gasteiger partial charge in [0.2, 0.25) is 0 Å². The lowest BCUT2D eigenvalue weighted by atomic mass is 10.6. The second-order valence-electron chi connectivity index (χ2n) is 1.53. The molecule has 0 saturated heterocycles. The van der Waals surface area contributed by atoms with E-state index in [1.54, 1.807) is 19.2 Å². The van der Waals surface area contributed by atoms with E-state index in [0.29, 0.717) is 5.70 Å². The highest BCUT2D eigenvalue weighted by Gasteiger charge is 1.78. The van der Waals surface area contributed by atoms with Crippen molar-refractivity contribution >= 4 is 26.3 Å². The highest BCUT2D eigenvalue weighted by atomic mass is 127. The molecule has 0 aromatic heterocycles. The molecule has 0 atom stereocenters. The molecule has 2 nitrogen and oxygen atoms in total. The van der Waals surface area contributed by atoms with Crippen molar-refractivity contribution in [3.05, 3.63) is 24.6 Å². The molecule has 0 aromatic carbocycles. The predicted octanol–water partition coefficient (Wildman–Crippen LogP) is 1.83. The minimum atomic E-state index is 0.700. The molecule has 0 heterocycles. The lowest BCUT2D eigenvalue weighted by molar-refractivity contribution is 1.28. The first-order chi connectivity index (χ1) is 4.16. The van der Waals surface area contributed by atoms with Crippen LogP contribution in [0.2, 0.25) is 0 Å². The van der Waals surface area contributed by atoms with E-state index < -0.39 is 0 Å². The Morgan fingerprint density at radius 1 is 1.78 bits per heavy atom. The quantitative estimate of drug-likeness (QED) is 0.576. The Labute approximate surface area is 68.7 Å². The summed E-state index contributed by atoms with van der Waals surface area (Å²) < 4.78 is 0.845. The maximum Gasteiger partial charge on any atom is 0.100 e. The average molecular weight is 236 g/mol. The molecule has 3 heteroatoms. The van der Waals surface area contributed by atoms with Crippen LogP contribution < -0.4 is 5.73 Å². The van der Waals surface area contributed by atoms with Gasteiger partial charge in [-0.2, -0.15) is 0 Å². The number of halogens is 1. The van der Waals surface area contributed by atoms with Crippen LogP contribution >= 0.6 is 22.6 Å². The molecule has 0 bridgehead atoms. The van der Waals surface area contributed by atoms with Gasteiger partial charge in [0.1, 0.15) is 3.72 Å². The van der Waals surface area contributed by atoms with Crippen molar-refractivity contribution in [3.8, 4) is 0 Å². The van der Waals surface area contributed by atoms with Crippen LogP contribution in [0.25, 0.3) is 0 Å². The molecule has 0 spiro atoms. The zero-order valence-electron chi connectivity index (χ0n) is 5.26. The van der Waals surface area contributed by atoms with Crippen LogP contribution in [0.15, 0.2) is 29.5 Å². The van der Waals surface area contributed by atoms with E-state index in [4.69, 9.17) is 5.73 Å². The van der Waals surface area contributed by atoms with Gasteiger partial charge in [-0.25, -0.2) is 4.99 Å². The molecule has 0 fully saturated rings. The molecular weight excluding hydrogens is 227 g/mol. The highest BCUT2D eigenvalue weighted by molar-refractivity contribution is 14.1. The van der Waals surface area contributed by atoms with E-state index in [2.05, 4.69) is 34.2 Å². The molecule has 0 rings (SSSR count). The third kappa shape index (κ3) is 5.55. The summed E-state index contributed by atoms with van der Waals surface area (Å²) in [4.78, 5) is 3.94. The Morgan fingerprint density at radius 2 is 2.33 bits per heavy atom. The molecule has 0 radical (unpaired) electrons. The van der Waals surface area contributed by atoms with Crippen LogP contribution in [-0.4, -0.2) is 3.72 Å². The van der Waals surface area contributed by atoms with Crippen molar-refractivity contribution in [1.29, 1.82) is 0 Å². The average Bonchev–Trinajstić information content (AvgIpc) is 1.83. The standard InChI is InChI=1S/C6H9IN2/c1-3-6(7)9-4-5(2)8/h3-4H,1,8H2,2H3/b5-4-,9-6+. The van der Waals surface area contributed by atoms with Gasteiger partial charge in [0.15, 0.2) is 0 Å². The van der Waals surface area contributed by atoms with Gasteiger partial charge in [0, 0.05) is 11.9 Å². The van der Waals surface area contributed by atoms with Crippen LogP contribution in [0.5, 0.6) is 0 Å². The lowest BCUT2D eigenvalue weighted by Crippen LogP contribution is -1.88. The molecule has 2 N–H and O–H groups in total. The number of nitrogens with zero attached hydrogens (tertiary/aromatic N) is 1. The monoisotopic (exact) mass is 236 g/mol. The summed E-state index contributed by atoms with van der Waals surface area (Å²) in [6.45, 7) is 5.32. The number of hydrogen-bond donors (Lipinski definition) is 1. The zero-order chi connectivity index (χ0) is 7.28. The van der Waals surface area contributed by atoms with Gasteiger partial charge in [-0.05, 0) is 35.6 Å². The molecule has 0 aliphatic rings. The summed E-state index contributed by atoms with van der Waals surface area (Å²) in [5.74, 6) is 0. The number of hydrogen-bond acceptors (Lipinski definition) is 2. The van der Waals surface area contributed by atoms with Gasteiger partial charge in [0.05, 0.1) is 0 Å². The van der Waals surface area contributed by atoms with E-state index in [1.807, 2.05) is 0 Å². The maximum atomic E-state index is 5.31. The SMILES string of the molecule is C=C/C(I)=N\C=C(\C)N. The second-order valence-corrected chi connectivity index (χ2v) is 2.63. The molecule has 0 aromatic rings. The van der Waals surface area contributed by atoms with Gasteiger partial charge in [-0.1, -0.05) is 6.58 Å². The lowest BCUT2D eigenvalue weighted by Gasteiger charge is -1.84. The third-order valence-corrected chi connectivity index (χ3v) is 1.28. The fraction of sp³-hybridized carbons (Fsp3) is 0.167. The van der Waals surface area contributed by atoms with Gasteiger partial charge in [-0.3, -0.25) is 0 Å². The Kier molecular flexibility index (Phi) is 4.39. The number of aliphatic imine (C=N–C) groups is 1. The molecule has 0 aliphatic heterocycles. The molecule has 0 saturated carbocycles. The normalized spacial score (nSPS) is 13.6. The Morgan fingerprint density at radius 3 is 2.67 bits per heavy atom. The van der Waals surface area contributed by atoms with Gasteiger partial charge in [-0.15, -0.1) is 0 Å². The van der Waals surface area contributed by atoms with Gasteiger partial charge < -0.3 is 5.73 Å². The van der Waals surface area contributed by atoms with Gasteiger partial charge in [0.25, 0.3) is 0 Å². The van der Waals surface area contributed by atoms with Crippen LogP contribution in [0, 0.1) is 0 Å². The van der Waals surface area contributed by atoms with Crippen molar-refractivity contribution in [2.75, 3.05) is 0 Å². The Hall–Kier alpha value is -0.320. The first kappa shape index (κ1) is 8.68. The number of nitrogens with two attached hydrogens (primary N) is 1. The molecular formula is C6H9IN2. The van der Waals surface area contributed by atoms with E-state index >= 15 is 0 Å². The first-order valence-corrected chi connectivity index (χ1v) is 3.52. The summed E-state index contributed by atoms with van der Waals surface area (Å²) in [6.07, 6.45) is 3.27. The van der Waals surface area contributed by atoms with Crippen molar-refractivity contribution in [2.24, 2.45) is 10.7 Å². The fourth-order valence-corrected chi connectivity index (χ4v) is 0.355. The van der Waals surface area contributed by atoms with Crippen LogP contribution in [0.1, 0.15) is 6.92 Å². The molecule has 0 unspecified atom stereocenters. The van der Waals surface area contributed by atoms with Crippen LogP contribution in [-0.2, 0) is 0 Å². The number of rotatable bonds is 2. The molecule has 0 amide bonds. The summed E-state index contributed by atoms with van der Waals surface area (Å²) >= 11 is 2.07. The topological polar surface area (TPSA) is 38.4 Å². The smallest absolute Gasteiger partial charge is 0.100 e. The summed E-state index contributed by atoms with van der Waals surface area (Å²) in [5, 5.41) is 0. The van der Waals surface area contributed by atoms with E-state index in [-0.39, 0.29) is 0 Å². The predicted molar refractivity (Wildman–Crippen MR) is 49.6 cm³/mol. The van der Waals surface area contributed by atoms with E-state index in [1.165, 1.54) is 0 Å². The molecule has 9 heavy (non-hydrogen) atoms. The Bertz CT molecular complexity index is 154. The minimum absolute atomic E-state index is 0.700. The third-order valence-electron chi connectivity index (χ3n) is 0.560. The van der Waals surface area contributed by atoms with Crippen molar-refractivity contribution in [3.63, 3.8) is 0 Å². The number of allylic oxidation sites excluding steroid dienone is 2. The zero-order valence-corrected chi connectivity index (χ0v) is 7.42. The summed E-state index contributed by atoms with van der Waals surface area (Å²) in [7, 11) is 0. The first-order valence-electron chi connectivity index (χ1n) is 2.45. The van der Waals surface area contributed by atoms with Crippen LogP contribution in [0.3, 0.4) is 0 Å². The van der Waals surface area contributed by atoms with Gasteiger partial charge >= 0.3 is 0 Å². The molecule has 0 aliphatic carbocycles. The van der Waals surface area contributed by atoms with E-state index in [0.717, 1.165) is 3.72 Å².